The molecule has 1 radical (unpaired) electrons. The van der Waals surface area contributed by atoms with E-state index in [4.69, 9.17) is 0 Å². The summed E-state index contributed by atoms with van der Waals surface area (Å²) in [6, 6.07) is 0. The van der Waals surface area contributed by atoms with E-state index >= 15 is 0 Å². The van der Waals surface area contributed by atoms with Crippen LogP contribution in [-0.2, 0) is 0 Å². The van der Waals surface area contributed by atoms with E-state index in [1.807, 2.05) is 0 Å². The molecule has 0 amide bonds. The Morgan fingerprint density at radius 2 is 2.38 bits per heavy atom. The summed E-state index contributed by atoms with van der Waals surface area (Å²) in [6.45, 7) is 4.31. The second-order valence-corrected chi connectivity index (χ2v) is 4.06. The fourth-order valence-corrected chi connectivity index (χ4v) is 2.79. The summed E-state index contributed by atoms with van der Waals surface area (Å²) in [5.74, 6) is 0. The molecular formula is C5H8NP2. The zero-order chi connectivity index (χ0) is 5.98. The molecule has 0 spiro atoms. The van der Waals surface area contributed by atoms with Crippen molar-refractivity contribution >= 4 is 15.9 Å². The molecule has 0 unspecified atom stereocenters. The van der Waals surface area contributed by atoms with E-state index in [0.29, 0.717) is 0 Å². The molecule has 1 rings (SSSR count). The van der Waals surface area contributed by atoms with Gasteiger partial charge in [0, 0.05) is 5.31 Å². The molecule has 8 heavy (non-hydrogen) atoms. The van der Waals surface area contributed by atoms with Crippen molar-refractivity contribution in [1.82, 2.24) is 5.09 Å². The van der Waals surface area contributed by atoms with Crippen molar-refractivity contribution in [3.8, 4) is 0 Å². The van der Waals surface area contributed by atoms with Gasteiger partial charge in [0.05, 0.1) is 13.7 Å². The first kappa shape index (κ1) is 6.26. The Labute approximate surface area is 53.0 Å². The number of allylic oxidation sites excluding steroid dienone is 2. The lowest BCUT2D eigenvalue weighted by atomic mass is 10.3. The van der Waals surface area contributed by atoms with Gasteiger partial charge in [-0.2, -0.15) is 0 Å². The van der Waals surface area contributed by atoms with Crippen LogP contribution in [0.2, 0.25) is 0 Å². The van der Waals surface area contributed by atoms with E-state index in [1.54, 1.807) is 0 Å². The van der Waals surface area contributed by atoms with E-state index < -0.39 is 0 Å². The van der Waals surface area contributed by atoms with Gasteiger partial charge < -0.3 is 0 Å². The molecule has 1 aliphatic heterocycles. The number of rotatable bonds is 1. The quantitative estimate of drug-likeness (QED) is 0.502. The number of hydrogen-bond donors (Lipinski definition) is 0. The first-order valence-corrected chi connectivity index (χ1v) is 5.11. The largest absolute Gasteiger partial charge is 0.227 e. The average Bonchev–Trinajstić information content (AvgIpc) is 2.14. The predicted molar refractivity (Wildman–Crippen MR) is 39.0 cm³/mol. The van der Waals surface area contributed by atoms with Crippen LogP contribution in [0, 0.1) is 0 Å². The van der Waals surface area contributed by atoms with Gasteiger partial charge in [0.2, 0.25) is 0 Å². The summed E-state index contributed by atoms with van der Waals surface area (Å²) in [4.78, 5) is 0. The van der Waals surface area contributed by atoms with Crippen LogP contribution in [0.3, 0.4) is 0 Å². The zero-order valence-corrected chi connectivity index (χ0v) is 6.84. The fourth-order valence-electron chi connectivity index (χ4n) is 0.600. The molecule has 0 atom stereocenters. The first-order valence-electron chi connectivity index (χ1n) is 2.66. The molecule has 0 saturated heterocycles. The monoisotopic (exact) mass is 144 g/mol. The summed E-state index contributed by atoms with van der Waals surface area (Å²) < 4.78 is 0. The molecule has 3 heteroatoms. The fraction of sp³-hybridized carbons (Fsp3) is 0.600. The first-order chi connectivity index (χ1) is 3.84. The van der Waals surface area contributed by atoms with Crippen LogP contribution in [0.25, 0.3) is 0 Å². The van der Waals surface area contributed by atoms with Crippen LogP contribution < -0.4 is 5.09 Å². The Morgan fingerprint density at radius 3 is 2.62 bits per heavy atom. The predicted octanol–water partition coefficient (Wildman–Crippen LogP) is 2.97. The van der Waals surface area contributed by atoms with Crippen molar-refractivity contribution in [3.63, 3.8) is 0 Å². The molecule has 1 heterocycles. The van der Waals surface area contributed by atoms with Gasteiger partial charge in [-0.3, -0.25) is 0 Å². The molecule has 0 aromatic carbocycles. The number of hydrogen-bond acceptors (Lipinski definition) is 0. The van der Waals surface area contributed by atoms with E-state index in [2.05, 4.69) is 18.9 Å². The van der Waals surface area contributed by atoms with Crippen LogP contribution in [0.5, 0.6) is 0 Å². The van der Waals surface area contributed by atoms with Gasteiger partial charge in [0.15, 0.2) is 0 Å². The molecule has 0 aromatic rings. The Balaban J connectivity index is 2.68. The Kier molecular flexibility index (Phi) is 2.05. The Bertz CT molecular complexity index is 149. The lowest BCUT2D eigenvalue weighted by molar-refractivity contribution is 1.00. The van der Waals surface area contributed by atoms with Gasteiger partial charge in [-0.25, -0.2) is 5.09 Å². The zero-order valence-electron chi connectivity index (χ0n) is 5.05. The third-order valence-corrected chi connectivity index (χ3v) is 3.53. The minimum Gasteiger partial charge on any atom is -0.227 e. The molecule has 1 aliphatic rings. The maximum absolute atomic E-state index is 4.27. The van der Waals surface area contributed by atoms with Crippen LogP contribution in [0.15, 0.2) is 11.0 Å². The highest BCUT2D eigenvalue weighted by Gasteiger charge is 2.03. The topological polar surface area (TPSA) is 14.1 Å². The molecule has 0 aromatic heterocycles. The third kappa shape index (κ3) is 1.10. The number of nitrogens with zero attached hydrogens (tertiary/aromatic N) is 1. The lowest BCUT2D eigenvalue weighted by Crippen LogP contribution is -1.86. The van der Waals surface area contributed by atoms with Crippen molar-refractivity contribution in [3.05, 3.63) is 11.0 Å². The van der Waals surface area contributed by atoms with Gasteiger partial charge in [0.25, 0.3) is 0 Å². The van der Waals surface area contributed by atoms with Crippen LogP contribution in [0.4, 0.5) is 0 Å². The van der Waals surface area contributed by atoms with Crippen molar-refractivity contribution in [2.45, 2.75) is 20.3 Å². The minimum atomic E-state index is 1.10. The van der Waals surface area contributed by atoms with Crippen LogP contribution in [0.1, 0.15) is 20.3 Å². The van der Waals surface area contributed by atoms with Gasteiger partial charge in [0.1, 0.15) is 0 Å². The second kappa shape index (κ2) is 2.62. The van der Waals surface area contributed by atoms with Gasteiger partial charge >= 0.3 is 0 Å². The maximum Gasteiger partial charge on any atom is 0.0699 e. The molecule has 43 valence electrons. The summed E-state index contributed by atoms with van der Waals surface area (Å²) in [6.07, 6.45) is 1.10. The highest BCUT2D eigenvalue weighted by molar-refractivity contribution is 7.85. The molecule has 0 saturated carbocycles. The molecule has 0 aliphatic carbocycles. The smallest absolute Gasteiger partial charge is 0.0699 e. The van der Waals surface area contributed by atoms with Crippen molar-refractivity contribution in [2.24, 2.45) is 0 Å². The maximum atomic E-state index is 4.27. The Hall–Kier alpha value is 0.140. The molecule has 0 N–H and O–H groups in total. The van der Waals surface area contributed by atoms with Gasteiger partial charge in [-0.1, -0.05) is 6.92 Å². The van der Waals surface area contributed by atoms with Crippen molar-refractivity contribution in [2.75, 3.05) is 0 Å². The van der Waals surface area contributed by atoms with E-state index in [1.165, 1.54) is 26.9 Å². The molecule has 0 fully saturated rings. The normalized spacial score (nSPS) is 21.2. The van der Waals surface area contributed by atoms with Gasteiger partial charge in [-0.05, 0) is 21.2 Å². The standard InChI is InChI=1S/C5H8NP2/c1-3-5-4(2)7-8-6-5/h3H2,1-2H3. The highest BCUT2D eigenvalue weighted by Crippen LogP contribution is 2.35. The van der Waals surface area contributed by atoms with E-state index in [9.17, 15) is 0 Å². The average molecular weight is 144 g/mol. The van der Waals surface area contributed by atoms with E-state index in [0.717, 1.165) is 6.42 Å². The van der Waals surface area contributed by atoms with Crippen LogP contribution >= 0.6 is 15.9 Å². The molecule has 0 bridgehead atoms. The SMILES string of the molecule is CCC1=C(C)P=P[N]1. The van der Waals surface area contributed by atoms with Gasteiger partial charge in [-0.15, -0.1) is 0 Å². The van der Waals surface area contributed by atoms with Crippen molar-refractivity contribution < 1.29 is 0 Å². The highest BCUT2D eigenvalue weighted by atomic mass is 31.7. The second-order valence-electron chi connectivity index (χ2n) is 1.68. The Morgan fingerprint density at radius 1 is 1.62 bits per heavy atom. The third-order valence-electron chi connectivity index (χ3n) is 1.11. The summed E-state index contributed by atoms with van der Waals surface area (Å²) in [5, 5.41) is 5.73. The summed E-state index contributed by atoms with van der Waals surface area (Å²) in [7, 11) is 2.60. The van der Waals surface area contributed by atoms with Crippen molar-refractivity contribution in [1.29, 1.82) is 0 Å². The summed E-state index contributed by atoms with van der Waals surface area (Å²) in [5.41, 5.74) is 1.31. The van der Waals surface area contributed by atoms with Crippen LogP contribution in [-0.4, -0.2) is 0 Å². The molecular weight excluding hydrogens is 136 g/mol. The summed E-state index contributed by atoms with van der Waals surface area (Å²) >= 11 is 0. The van der Waals surface area contributed by atoms with E-state index in [-0.39, 0.29) is 0 Å². The lowest BCUT2D eigenvalue weighted by Gasteiger charge is -1.92. The minimum absolute atomic E-state index is 1.10. The molecule has 1 nitrogen and oxygen atoms in total.